The van der Waals surface area contributed by atoms with Crippen LogP contribution in [0.15, 0.2) is 48.5 Å². The first kappa shape index (κ1) is 23.7. The zero-order chi connectivity index (χ0) is 21.2. The average molecular weight is 397 g/mol. The molecule has 4 N–H and O–H groups in total. The molecule has 2 aromatic carbocycles. The van der Waals surface area contributed by atoms with Gasteiger partial charge in [0.2, 0.25) is 0 Å². The Morgan fingerprint density at radius 1 is 0.786 bits per heavy atom. The van der Waals surface area contributed by atoms with Crippen LogP contribution in [0.3, 0.4) is 0 Å². The third kappa shape index (κ3) is 8.54. The highest BCUT2D eigenvalue weighted by molar-refractivity contribution is 6.83. The van der Waals surface area contributed by atoms with Crippen molar-refractivity contribution in [1.29, 1.82) is 0 Å². The predicted octanol–water partition coefficient (Wildman–Crippen LogP) is 2.63. The van der Waals surface area contributed by atoms with Gasteiger partial charge in [-0.3, -0.25) is 0 Å². The van der Waals surface area contributed by atoms with E-state index in [9.17, 15) is 10.2 Å². The molecular formula is C23H28O4Si. The summed E-state index contributed by atoms with van der Waals surface area (Å²) in [6, 6.07) is 14.2. The lowest BCUT2D eigenvalue weighted by molar-refractivity contribution is 0.0956. The monoisotopic (exact) mass is 396 g/mol. The van der Waals surface area contributed by atoms with Crippen LogP contribution in [0.25, 0.3) is 0 Å². The third-order valence-corrected chi connectivity index (χ3v) is 4.56. The van der Waals surface area contributed by atoms with Gasteiger partial charge in [-0.1, -0.05) is 55.7 Å². The van der Waals surface area contributed by atoms with Crippen LogP contribution in [0.1, 0.15) is 34.5 Å². The second kappa shape index (κ2) is 11.5. The van der Waals surface area contributed by atoms with E-state index in [0.29, 0.717) is 5.56 Å². The molecule has 0 spiro atoms. The molecule has 28 heavy (non-hydrogen) atoms. The number of rotatable bonds is 4. The van der Waals surface area contributed by atoms with E-state index >= 15 is 0 Å². The molecule has 2 atom stereocenters. The number of aliphatic hydroxyl groups is 4. The van der Waals surface area contributed by atoms with Gasteiger partial charge in [-0.15, -0.1) is 12.0 Å². The van der Waals surface area contributed by atoms with Crippen LogP contribution in [0.5, 0.6) is 0 Å². The highest BCUT2D eigenvalue weighted by Gasteiger charge is 2.08. The maximum absolute atomic E-state index is 9.40. The summed E-state index contributed by atoms with van der Waals surface area (Å²) < 4.78 is 0. The molecule has 0 bridgehead atoms. The van der Waals surface area contributed by atoms with Gasteiger partial charge in [0.25, 0.3) is 0 Å². The molecule has 148 valence electrons. The maximum Gasteiger partial charge on any atom is 0.129 e. The Kier molecular flexibility index (Phi) is 9.68. The van der Waals surface area contributed by atoms with Crippen molar-refractivity contribution in [2.75, 3.05) is 13.2 Å². The Balaban J connectivity index is 0.000000292. The van der Waals surface area contributed by atoms with Gasteiger partial charge in [0.15, 0.2) is 0 Å². The molecule has 0 saturated heterocycles. The van der Waals surface area contributed by atoms with Crippen molar-refractivity contribution in [3.63, 3.8) is 0 Å². The zero-order valence-electron chi connectivity index (χ0n) is 16.6. The Morgan fingerprint density at radius 2 is 1.18 bits per heavy atom. The molecule has 0 saturated carbocycles. The van der Waals surface area contributed by atoms with Gasteiger partial charge in [0.1, 0.15) is 20.3 Å². The number of hydrogen-bond acceptors (Lipinski definition) is 4. The molecule has 0 aromatic heterocycles. The Bertz CT molecular complexity index is 819. The minimum atomic E-state index is -1.33. The van der Waals surface area contributed by atoms with Gasteiger partial charge in [0, 0.05) is 11.1 Å². The molecule has 2 aromatic rings. The first-order valence-corrected chi connectivity index (χ1v) is 12.5. The Labute approximate surface area is 168 Å². The van der Waals surface area contributed by atoms with Crippen LogP contribution in [0.2, 0.25) is 19.6 Å². The SMILES string of the molecule is C#Cc1ccc([C@H](O)CO)cc1.C[Si](C)(C)C#Cc1ccc([C@H](O)CO)cc1. The molecule has 5 heteroatoms. The van der Waals surface area contributed by atoms with E-state index in [1.54, 1.807) is 36.4 Å². The largest absolute Gasteiger partial charge is 0.393 e. The first-order chi connectivity index (χ1) is 13.2. The molecular weight excluding hydrogens is 368 g/mol. The molecule has 0 unspecified atom stereocenters. The molecule has 2 rings (SSSR count). The van der Waals surface area contributed by atoms with Crippen LogP contribution in [-0.4, -0.2) is 41.7 Å². The Hall–Kier alpha value is -2.38. The fourth-order valence-corrected chi connectivity index (χ4v) is 2.58. The summed E-state index contributed by atoms with van der Waals surface area (Å²) in [5, 5.41) is 36.0. The average Bonchev–Trinajstić information content (AvgIpc) is 2.71. The quantitative estimate of drug-likeness (QED) is 0.473. The van der Waals surface area contributed by atoms with Gasteiger partial charge < -0.3 is 20.4 Å². The van der Waals surface area contributed by atoms with Crippen LogP contribution < -0.4 is 0 Å². The minimum Gasteiger partial charge on any atom is -0.393 e. The van der Waals surface area contributed by atoms with E-state index in [2.05, 4.69) is 37.0 Å². The number of aliphatic hydroxyl groups excluding tert-OH is 4. The second-order valence-corrected chi connectivity index (χ2v) is 12.0. The van der Waals surface area contributed by atoms with Gasteiger partial charge in [-0.2, -0.15) is 0 Å². The zero-order valence-corrected chi connectivity index (χ0v) is 17.6. The van der Waals surface area contributed by atoms with Crippen LogP contribution in [-0.2, 0) is 0 Å². The number of benzene rings is 2. The fraction of sp³-hybridized carbons (Fsp3) is 0.304. The lowest BCUT2D eigenvalue weighted by atomic mass is 10.1. The summed E-state index contributed by atoms with van der Waals surface area (Å²) in [5.41, 5.74) is 6.40. The first-order valence-electron chi connectivity index (χ1n) is 8.97. The van der Waals surface area contributed by atoms with Gasteiger partial charge >= 0.3 is 0 Å². The lowest BCUT2D eigenvalue weighted by Gasteiger charge is -2.07. The van der Waals surface area contributed by atoms with E-state index in [0.717, 1.165) is 16.7 Å². The van der Waals surface area contributed by atoms with Crippen molar-refractivity contribution >= 4 is 8.07 Å². The maximum atomic E-state index is 9.40. The molecule has 0 aliphatic heterocycles. The summed E-state index contributed by atoms with van der Waals surface area (Å²) in [5.74, 6) is 5.60. The van der Waals surface area contributed by atoms with Crippen molar-refractivity contribution < 1.29 is 20.4 Å². The number of hydrogen-bond donors (Lipinski definition) is 4. The normalized spacial score (nSPS) is 12.5. The molecule has 0 amide bonds. The van der Waals surface area contributed by atoms with Crippen LogP contribution >= 0.6 is 0 Å². The van der Waals surface area contributed by atoms with E-state index in [1.807, 2.05) is 12.1 Å². The van der Waals surface area contributed by atoms with Gasteiger partial charge in [-0.25, -0.2) is 0 Å². The third-order valence-electron chi connectivity index (χ3n) is 3.69. The van der Waals surface area contributed by atoms with Crippen molar-refractivity contribution in [3.8, 4) is 23.8 Å². The molecule has 0 aliphatic rings. The summed E-state index contributed by atoms with van der Waals surface area (Å²) in [6.45, 7) is 6.08. The van der Waals surface area contributed by atoms with Crippen molar-refractivity contribution in [2.45, 2.75) is 31.8 Å². The highest BCUT2D eigenvalue weighted by Crippen LogP contribution is 2.13. The van der Waals surface area contributed by atoms with E-state index < -0.39 is 20.3 Å². The predicted molar refractivity (Wildman–Crippen MR) is 115 cm³/mol. The lowest BCUT2D eigenvalue weighted by Crippen LogP contribution is -2.16. The molecule has 0 aliphatic carbocycles. The number of terminal acetylenes is 1. The topological polar surface area (TPSA) is 80.9 Å². The summed E-state index contributed by atoms with van der Waals surface area (Å²) in [7, 11) is -1.33. The Morgan fingerprint density at radius 3 is 1.50 bits per heavy atom. The van der Waals surface area contributed by atoms with Crippen LogP contribution in [0, 0.1) is 23.8 Å². The smallest absolute Gasteiger partial charge is 0.129 e. The summed E-state index contributed by atoms with van der Waals surface area (Å²) in [6.07, 6.45) is 3.55. The minimum absolute atomic E-state index is 0.250. The fourth-order valence-electron chi connectivity index (χ4n) is 2.06. The van der Waals surface area contributed by atoms with Crippen molar-refractivity contribution in [3.05, 3.63) is 70.8 Å². The van der Waals surface area contributed by atoms with E-state index in [4.69, 9.17) is 16.6 Å². The molecule has 4 nitrogen and oxygen atoms in total. The summed E-state index contributed by atoms with van der Waals surface area (Å²) in [4.78, 5) is 0. The standard InChI is InChI=1S/C13H18O2Si.C10H10O2/c1-16(2,3)9-8-11-4-6-12(7-5-11)13(15)10-14;1-2-8-3-5-9(6-4-8)10(12)7-11/h4-7,13-15H,10H2,1-3H3;1,3-6,10-12H,7H2/t13-;10-/m11/s1. The van der Waals surface area contributed by atoms with Gasteiger partial charge in [0.05, 0.1) is 13.2 Å². The van der Waals surface area contributed by atoms with E-state index in [-0.39, 0.29) is 13.2 Å². The molecule has 0 heterocycles. The molecule has 0 fully saturated rings. The van der Waals surface area contributed by atoms with E-state index in [1.165, 1.54) is 0 Å². The van der Waals surface area contributed by atoms with Crippen molar-refractivity contribution in [1.82, 2.24) is 0 Å². The second-order valence-electron chi connectivity index (χ2n) is 7.29. The van der Waals surface area contributed by atoms with Gasteiger partial charge in [-0.05, 0) is 35.4 Å². The summed E-state index contributed by atoms with van der Waals surface area (Å²) >= 11 is 0. The van der Waals surface area contributed by atoms with Crippen molar-refractivity contribution in [2.24, 2.45) is 0 Å². The molecule has 0 radical (unpaired) electrons. The van der Waals surface area contributed by atoms with Crippen LogP contribution in [0.4, 0.5) is 0 Å². The highest BCUT2D eigenvalue weighted by atomic mass is 28.3.